The molecule has 2 aliphatic carbocycles. The van der Waals surface area contributed by atoms with Gasteiger partial charge in [-0.3, -0.25) is 29.5 Å². The Balaban J connectivity index is 1.32. The van der Waals surface area contributed by atoms with Crippen LogP contribution in [-0.2, 0) is 30.8 Å². The summed E-state index contributed by atoms with van der Waals surface area (Å²) in [6.07, 6.45) is -2.30. The van der Waals surface area contributed by atoms with Crippen LogP contribution >= 0.6 is 55.1 Å². The van der Waals surface area contributed by atoms with Crippen LogP contribution in [0.25, 0.3) is 0 Å². The molecule has 54 heavy (non-hydrogen) atoms. The van der Waals surface area contributed by atoms with Gasteiger partial charge in [0.25, 0.3) is 11.8 Å². The Morgan fingerprint density at radius 2 is 1.56 bits per heavy atom. The maximum atomic E-state index is 15.3. The number of amides is 4. The molecule has 16 heteroatoms. The van der Waals surface area contributed by atoms with Crippen LogP contribution in [-0.4, -0.2) is 38.7 Å². The first-order chi connectivity index (χ1) is 25.6. The number of rotatable bonds is 5. The molecule has 2 N–H and O–H groups in total. The van der Waals surface area contributed by atoms with E-state index in [0.717, 1.165) is 4.47 Å². The molecule has 0 bridgehead atoms. The fourth-order valence-electron chi connectivity index (χ4n) is 8.73. The predicted molar refractivity (Wildman–Crippen MR) is 199 cm³/mol. The number of allylic oxidation sites excluding steroid dienone is 2. The highest BCUT2D eigenvalue weighted by molar-refractivity contribution is 9.10. The zero-order valence-electron chi connectivity index (χ0n) is 27.5. The number of anilines is 2. The minimum absolute atomic E-state index is 0.0645. The lowest BCUT2D eigenvalue weighted by Gasteiger charge is -2.50. The lowest BCUT2D eigenvalue weighted by molar-refractivity contribution is -0.139. The van der Waals surface area contributed by atoms with Gasteiger partial charge in [-0.1, -0.05) is 78.8 Å². The van der Waals surface area contributed by atoms with Crippen molar-refractivity contribution in [1.29, 1.82) is 0 Å². The van der Waals surface area contributed by atoms with Crippen LogP contribution in [0.15, 0.2) is 99.6 Å². The molecule has 2 saturated heterocycles. The lowest BCUT2D eigenvalue weighted by atomic mass is 9.49. The number of aromatic nitrogens is 1. The van der Waals surface area contributed by atoms with Crippen molar-refractivity contribution >= 4 is 90.2 Å². The molecule has 3 aromatic carbocycles. The molecular formula is C38H25Br2Cl2F3N4O5. The molecule has 4 amide bonds. The van der Waals surface area contributed by atoms with E-state index >= 15 is 4.79 Å². The molecule has 4 aromatic rings. The molecule has 9 nitrogen and oxygen atoms in total. The number of pyridine rings is 1. The number of halogens is 7. The van der Waals surface area contributed by atoms with E-state index in [1.165, 1.54) is 11.0 Å². The Morgan fingerprint density at radius 1 is 0.870 bits per heavy atom. The predicted octanol–water partition coefficient (Wildman–Crippen LogP) is 8.83. The summed E-state index contributed by atoms with van der Waals surface area (Å²) in [6.45, 7) is 0. The number of benzene rings is 3. The molecule has 276 valence electrons. The van der Waals surface area contributed by atoms with Gasteiger partial charge in [-0.15, -0.1) is 0 Å². The van der Waals surface area contributed by atoms with E-state index in [1.54, 1.807) is 60.7 Å². The third-order valence-corrected chi connectivity index (χ3v) is 12.5. The van der Waals surface area contributed by atoms with E-state index in [-0.39, 0.29) is 35.9 Å². The Bertz CT molecular complexity index is 2310. The molecule has 0 radical (unpaired) electrons. The molecule has 8 rings (SSSR count). The van der Waals surface area contributed by atoms with Gasteiger partial charge in [0.1, 0.15) is 5.75 Å². The third-order valence-electron chi connectivity index (χ3n) is 10.9. The monoisotopic (exact) mass is 902 g/mol. The van der Waals surface area contributed by atoms with Gasteiger partial charge in [-0.2, -0.15) is 18.2 Å². The van der Waals surface area contributed by atoms with Crippen molar-refractivity contribution in [3.05, 3.63) is 126 Å². The molecule has 0 spiro atoms. The van der Waals surface area contributed by atoms with E-state index in [0.29, 0.717) is 43.6 Å². The van der Waals surface area contributed by atoms with Crippen LogP contribution in [0.3, 0.4) is 0 Å². The molecule has 1 saturated carbocycles. The number of nitrogens with zero attached hydrogens (tertiary/aromatic N) is 3. The highest BCUT2D eigenvalue weighted by Crippen LogP contribution is 2.65. The second kappa shape index (κ2) is 13.2. The zero-order chi connectivity index (χ0) is 38.4. The van der Waals surface area contributed by atoms with Crippen molar-refractivity contribution in [2.75, 3.05) is 10.3 Å². The largest absolute Gasteiger partial charge is 0.508 e. The summed E-state index contributed by atoms with van der Waals surface area (Å²) in [6, 6.07) is 18.4. The Morgan fingerprint density at radius 3 is 2.22 bits per heavy atom. The molecular weight excluding hydrogens is 880 g/mol. The van der Waals surface area contributed by atoms with Gasteiger partial charge in [-0.25, -0.2) is 4.98 Å². The summed E-state index contributed by atoms with van der Waals surface area (Å²) in [5, 5.41) is 12.1. The first-order valence-corrected chi connectivity index (χ1v) is 18.9. The summed E-state index contributed by atoms with van der Waals surface area (Å²) >= 11 is 19.4. The Kier molecular flexibility index (Phi) is 8.98. The number of hydrogen-bond donors (Lipinski definition) is 2. The summed E-state index contributed by atoms with van der Waals surface area (Å²) in [5.74, 6) is -7.68. The molecule has 0 unspecified atom stereocenters. The number of fused-ring (bicyclic) bond motifs is 4. The average Bonchev–Trinajstić information content (AvgIpc) is 3.51. The minimum atomic E-state index is -4.75. The van der Waals surface area contributed by atoms with E-state index in [1.807, 2.05) is 6.08 Å². The summed E-state index contributed by atoms with van der Waals surface area (Å²) in [5.41, 5.74) is 1.28. The number of phenols is 1. The van der Waals surface area contributed by atoms with Crippen molar-refractivity contribution in [3.63, 3.8) is 0 Å². The van der Waals surface area contributed by atoms with Crippen LogP contribution in [0.5, 0.6) is 5.75 Å². The van der Waals surface area contributed by atoms with Crippen LogP contribution < -0.4 is 10.3 Å². The van der Waals surface area contributed by atoms with Gasteiger partial charge in [-0.05, 0) is 85.0 Å². The molecule has 1 aromatic heterocycles. The molecule has 3 fully saturated rings. The van der Waals surface area contributed by atoms with Gasteiger partial charge in [0.2, 0.25) is 11.8 Å². The number of phenolic OH excluding ortho intramolecular Hbond substituents is 1. The van der Waals surface area contributed by atoms with Crippen LogP contribution in [0.1, 0.15) is 35.4 Å². The highest BCUT2D eigenvalue weighted by Gasteiger charge is 2.70. The Labute approximate surface area is 332 Å². The van der Waals surface area contributed by atoms with Crippen LogP contribution in [0, 0.1) is 23.7 Å². The van der Waals surface area contributed by atoms with E-state index in [9.17, 15) is 32.7 Å². The number of alkyl halides is 3. The quantitative estimate of drug-likeness (QED) is 0.152. The van der Waals surface area contributed by atoms with Crippen molar-refractivity contribution in [1.82, 2.24) is 9.99 Å². The maximum absolute atomic E-state index is 15.3. The average molecular weight is 905 g/mol. The third kappa shape index (κ3) is 5.58. The number of aromatic hydroxyl groups is 1. The molecule has 3 heterocycles. The summed E-state index contributed by atoms with van der Waals surface area (Å²) < 4.78 is 41.7. The van der Waals surface area contributed by atoms with Crippen molar-refractivity contribution < 1.29 is 37.5 Å². The fraction of sp³-hybridized carbons (Fsp3) is 0.237. The minimum Gasteiger partial charge on any atom is -0.508 e. The number of carbonyl (C=O) groups excluding carboxylic acids is 4. The fourth-order valence-corrected chi connectivity index (χ4v) is 9.71. The van der Waals surface area contributed by atoms with Crippen molar-refractivity contribution in [3.8, 4) is 5.75 Å². The van der Waals surface area contributed by atoms with Gasteiger partial charge in [0.15, 0.2) is 5.82 Å². The first kappa shape index (κ1) is 36.7. The van der Waals surface area contributed by atoms with Crippen molar-refractivity contribution in [2.24, 2.45) is 23.7 Å². The van der Waals surface area contributed by atoms with Gasteiger partial charge >= 0.3 is 6.18 Å². The highest BCUT2D eigenvalue weighted by atomic mass is 79.9. The second-order valence-corrected chi connectivity index (χ2v) is 16.3. The molecule has 4 aliphatic rings. The summed E-state index contributed by atoms with van der Waals surface area (Å²) in [4.78, 5) is 63.5. The van der Waals surface area contributed by atoms with E-state index in [4.69, 9.17) is 23.2 Å². The standard InChI is InChI=1S/C38H25Br2Cl2F3N4O5/c39-19-3-8-22(9-4-19)48-33(51)24-11-10-23-25(30(24)35(48)53)15-27-34(52)49(47-32-28(42)13-18(16-46-32)38(43,44)45)36(54)37(27,17-1-6-21(41)7-2-17)31(23)26-14-20(40)5-12-29(26)50/h1-10,12-14,16,24-25,27,30-31,50H,11,15H2,(H,46,47)/t24-,25+,27-,30-,31+,37+/m0/s1. The number of imide groups is 2. The van der Waals surface area contributed by atoms with Crippen molar-refractivity contribution in [2.45, 2.75) is 30.4 Å². The SMILES string of the molecule is O=C1[C@@H]2C[C@@H]3C(=CC[C@@H]4C(=O)N(c5ccc(Br)cc5)C(=O)[C@@H]43)[C@H](c3cc(Br)ccc3O)[C@]2(c2ccc(Cl)cc2)C(=O)N1Nc1ncc(C(F)(F)F)cc1Cl. The van der Waals surface area contributed by atoms with Crippen LogP contribution in [0.2, 0.25) is 10.0 Å². The Hall–Kier alpha value is -4.24. The number of hydrogen-bond acceptors (Lipinski definition) is 7. The van der Waals surface area contributed by atoms with Gasteiger partial charge < -0.3 is 5.11 Å². The van der Waals surface area contributed by atoms with Crippen LogP contribution in [0.4, 0.5) is 24.7 Å². The zero-order valence-corrected chi connectivity index (χ0v) is 32.1. The number of nitrogens with one attached hydrogen (secondary N) is 1. The first-order valence-electron chi connectivity index (χ1n) is 16.6. The van der Waals surface area contributed by atoms with E-state index in [2.05, 4.69) is 42.3 Å². The maximum Gasteiger partial charge on any atom is 0.417 e. The summed E-state index contributed by atoms with van der Waals surface area (Å²) in [7, 11) is 0. The normalized spacial score (nSPS) is 26.4. The topological polar surface area (TPSA) is 120 Å². The van der Waals surface area contributed by atoms with E-state index < -0.39 is 69.5 Å². The lowest BCUT2D eigenvalue weighted by Crippen LogP contribution is -2.53. The smallest absolute Gasteiger partial charge is 0.417 e. The van der Waals surface area contributed by atoms with Gasteiger partial charge in [0, 0.05) is 31.6 Å². The van der Waals surface area contributed by atoms with Gasteiger partial charge in [0.05, 0.1) is 39.4 Å². The molecule has 6 atom stereocenters. The molecule has 2 aliphatic heterocycles. The second-order valence-electron chi connectivity index (χ2n) is 13.6. The number of hydrazine groups is 1. The number of carbonyl (C=O) groups is 4.